The van der Waals surface area contributed by atoms with E-state index in [1.807, 2.05) is 0 Å². The molecule has 5 heteroatoms. The molecule has 120 valence electrons. The normalized spacial score (nSPS) is 21.4. The molecule has 1 amide bonds. The van der Waals surface area contributed by atoms with Crippen LogP contribution in [0.3, 0.4) is 0 Å². The van der Waals surface area contributed by atoms with Gasteiger partial charge in [0.1, 0.15) is 5.82 Å². The van der Waals surface area contributed by atoms with Gasteiger partial charge in [0, 0.05) is 31.1 Å². The number of aliphatic hydroxyl groups is 1. The highest BCUT2D eigenvalue weighted by molar-refractivity contribution is 5.97. The summed E-state index contributed by atoms with van der Waals surface area (Å²) in [5.74, 6) is -0.303. The summed E-state index contributed by atoms with van der Waals surface area (Å²) in [4.78, 5) is 23.8. The highest BCUT2D eigenvalue weighted by Crippen LogP contribution is 2.23. The molecule has 1 aliphatic carbocycles. The zero-order valence-corrected chi connectivity index (χ0v) is 12.6. The maximum Gasteiger partial charge on any atom is 0.220 e. The van der Waals surface area contributed by atoms with E-state index < -0.39 is 0 Å². The quantitative estimate of drug-likeness (QED) is 0.793. The van der Waals surface area contributed by atoms with Gasteiger partial charge in [-0.1, -0.05) is 0 Å². The standard InChI is InChI=1S/C17H22FNO3/c18-14-5-3-13(4-6-14)16(21)9-10-17(22)19-15-7-1-12(11-20)2-8-15/h3-6,12,15,20H,1-2,7-11H2,(H,19,22). The molecule has 2 rings (SSSR count). The summed E-state index contributed by atoms with van der Waals surface area (Å²) in [7, 11) is 0. The van der Waals surface area contributed by atoms with Crippen LogP contribution in [0, 0.1) is 11.7 Å². The number of halogens is 1. The van der Waals surface area contributed by atoms with Crippen molar-refractivity contribution in [2.24, 2.45) is 5.92 Å². The molecule has 0 spiro atoms. The highest BCUT2D eigenvalue weighted by Gasteiger charge is 2.22. The molecule has 0 bridgehead atoms. The van der Waals surface area contributed by atoms with E-state index in [-0.39, 0.29) is 43.0 Å². The molecule has 1 fully saturated rings. The topological polar surface area (TPSA) is 66.4 Å². The molecule has 0 atom stereocenters. The van der Waals surface area contributed by atoms with Crippen LogP contribution in [0.5, 0.6) is 0 Å². The first-order chi connectivity index (χ1) is 10.6. The number of benzene rings is 1. The van der Waals surface area contributed by atoms with Crippen LogP contribution in [0.1, 0.15) is 48.9 Å². The van der Waals surface area contributed by atoms with Gasteiger partial charge in [0.2, 0.25) is 5.91 Å². The Hall–Kier alpha value is -1.75. The Bertz CT molecular complexity index is 507. The van der Waals surface area contributed by atoms with Crippen LogP contribution in [0.25, 0.3) is 0 Å². The third-order valence-electron chi connectivity index (χ3n) is 4.22. The van der Waals surface area contributed by atoms with E-state index in [1.165, 1.54) is 24.3 Å². The first-order valence-corrected chi connectivity index (χ1v) is 7.77. The smallest absolute Gasteiger partial charge is 0.220 e. The molecule has 1 saturated carbocycles. The minimum Gasteiger partial charge on any atom is -0.396 e. The number of rotatable bonds is 6. The Morgan fingerprint density at radius 2 is 1.73 bits per heavy atom. The number of hydrogen-bond donors (Lipinski definition) is 2. The molecule has 0 heterocycles. The van der Waals surface area contributed by atoms with Gasteiger partial charge in [-0.05, 0) is 55.9 Å². The fourth-order valence-corrected chi connectivity index (χ4v) is 2.80. The van der Waals surface area contributed by atoms with Gasteiger partial charge in [0.25, 0.3) is 0 Å². The van der Waals surface area contributed by atoms with Crippen LogP contribution in [-0.2, 0) is 4.79 Å². The predicted molar refractivity (Wildman–Crippen MR) is 80.9 cm³/mol. The van der Waals surface area contributed by atoms with Crippen molar-refractivity contribution in [2.75, 3.05) is 6.61 Å². The minimum absolute atomic E-state index is 0.122. The van der Waals surface area contributed by atoms with E-state index in [2.05, 4.69) is 5.32 Å². The lowest BCUT2D eigenvalue weighted by Crippen LogP contribution is -2.38. The first kappa shape index (κ1) is 16.6. The first-order valence-electron chi connectivity index (χ1n) is 7.77. The SMILES string of the molecule is O=C(CCC(=O)c1ccc(F)cc1)NC1CCC(CO)CC1. The Morgan fingerprint density at radius 1 is 1.09 bits per heavy atom. The molecule has 0 unspecified atom stereocenters. The average Bonchev–Trinajstić information content (AvgIpc) is 2.54. The number of nitrogens with one attached hydrogen (secondary N) is 1. The molecule has 2 N–H and O–H groups in total. The van der Waals surface area contributed by atoms with Crippen molar-refractivity contribution in [1.82, 2.24) is 5.32 Å². The number of hydrogen-bond acceptors (Lipinski definition) is 3. The van der Waals surface area contributed by atoms with Crippen molar-refractivity contribution in [3.05, 3.63) is 35.6 Å². The lowest BCUT2D eigenvalue weighted by atomic mass is 9.86. The summed E-state index contributed by atoms with van der Waals surface area (Å²) in [6.45, 7) is 0.215. The Morgan fingerprint density at radius 3 is 2.32 bits per heavy atom. The summed E-state index contributed by atoms with van der Waals surface area (Å²) in [5.41, 5.74) is 0.428. The van der Waals surface area contributed by atoms with Crippen LogP contribution in [0.4, 0.5) is 4.39 Å². The zero-order valence-electron chi connectivity index (χ0n) is 12.6. The highest BCUT2D eigenvalue weighted by atomic mass is 19.1. The van der Waals surface area contributed by atoms with Crippen molar-refractivity contribution < 1.29 is 19.1 Å². The molecule has 0 aliphatic heterocycles. The second-order valence-corrected chi connectivity index (χ2v) is 5.90. The number of aliphatic hydroxyl groups excluding tert-OH is 1. The molecule has 22 heavy (non-hydrogen) atoms. The van der Waals surface area contributed by atoms with Crippen LogP contribution in [0.15, 0.2) is 24.3 Å². The second-order valence-electron chi connectivity index (χ2n) is 5.90. The van der Waals surface area contributed by atoms with E-state index in [1.54, 1.807) is 0 Å². The van der Waals surface area contributed by atoms with E-state index >= 15 is 0 Å². The van der Waals surface area contributed by atoms with Crippen molar-refractivity contribution >= 4 is 11.7 Å². The molecule has 0 aromatic heterocycles. The van der Waals surface area contributed by atoms with E-state index in [9.17, 15) is 14.0 Å². The molecule has 1 aromatic carbocycles. The third-order valence-corrected chi connectivity index (χ3v) is 4.22. The van der Waals surface area contributed by atoms with Crippen LogP contribution in [0.2, 0.25) is 0 Å². The number of carbonyl (C=O) groups is 2. The predicted octanol–water partition coefficient (Wildman–Crippen LogP) is 2.46. The Kier molecular flexibility index (Phi) is 6.07. The van der Waals surface area contributed by atoms with Crippen molar-refractivity contribution in [3.8, 4) is 0 Å². The number of Topliss-reactive ketones (excluding diaryl/α,β-unsaturated/α-hetero) is 1. The summed E-state index contributed by atoms with van der Waals surface area (Å²) < 4.78 is 12.8. The number of amides is 1. The van der Waals surface area contributed by atoms with Crippen LogP contribution < -0.4 is 5.32 Å². The van der Waals surface area contributed by atoms with Gasteiger partial charge >= 0.3 is 0 Å². The lowest BCUT2D eigenvalue weighted by molar-refractivity contribution is -0.122. The number of carbonyl (C=O) groups excluding carboxylic acids is 2. The van der Waals surface area contributed by atoms with Gasteiger partial charge in [0.15, 0.2) is 5.78 Å². The van der Waals surface area contributed by atoms with Crippen molar-refractivity contribution in [1.29, 1.82) is 0 Å². The molecular weight excluding hydrogens is 285 g/mol. The summed E-state index contributed by atoms with van der Waals surface area (Å²) in [5, 5.41) is 12.0. The van der Waals surface area contributed by atoms with Crippen molar-refractivity contribution in [3.63, 3.8) is 0 Å². The minimum atomic E-state index is -0.382. The zero-order chi connectivity index (χ0) is 15.9. The molecule has 0 saturated heterocycles. The van der Waals surface area contributed by atoms with Crippen molar-refractivity contribution in [2.45, 2.75) is 44.6 Å². The second kappa shape index (κ2) is 8.03. The maximum atomic E-state index is 12.8. The fourth-order valence-electron chi connectivity index (χ4n) is 2.80. The molecular formula is C17H22FNO3. The maximum absolute atomic E-state index is 12.8. The van der Waals surface area contributed by atoms with Gasteiger partial charge in [-0.3, -0.25) is 9.59 Å². The third kappa shape index (κ3) is 4.91. The fraction of sp³-hybridized carbons (Fsp3) is 0.529. The van der Waals surface area contributed by atoms with Gasteiger partial charge < -0.3 is 10.4 Å². The number of ketones is 1. The van der Waals surface area contributed by atoms with Gasteiger partial charge in [-0.15, -0.1) is 0 Å². The monoisotopic (exact) mass is 307 g/mol. The summed E-state index contributed by atoms with van der Waals surface area (Å²) in [6.07, 6.45) is 3.89. The van der Waals surface area contributed by atoms with E-state index in [4.69, 9.17) is 5.11 Å². The largest absolute Gasteiger partial charge is 0.396 e. The Balaban J connectivity index is 1.71. The molecule has 1 aromatic rings. The van der Waals surface area contributed by atoms with Crippen LogP contribution in [-0.4, -0.2) is 29.4 Å². The summed E-state index contributed by atoms with van der Waals surface area (Å²) >= 11 is 0. The van der Waals surface area contributed by atoms with E-state index in [0.29, 0.717) is 11.5 Å². The average molecular weight is 307 g/mol. The summed E-state index contributed by atoms with van der Waals surface area (Å²) in [6, 6.07) is 5.51. The van der Waals surface area contributed by atoms with Gasteiger partial charge in [-0.2, -0.15) is 0 Å². The Labute approximate surface area is 129 Å². The molecule has 0 radical (unpaired) electrons. The van der Waals surface area contributed by atoms with Gasteiger partial charge in [0.05, 0.1) is 0 Å². The van der Waals surface area contributed by atoms with E-state index in [0.717, 1.165) is 25.7 Å². The molecule has 1 aliphatic rings. The lowest BCUT2D eigenvalue weighted by Gasteiger charge is -2.27. The van der Waals surface area contributed by atoms with Crippen LogP contribution >= 0.6 is 0 Å². The van der Waals surface area contributed by atoms with Gasteiger partial charge in [-0.25, -0.2) is 4.39 Å². The molecule has 4 nitrogen and oxygen atoms in total.